The molecule has 1 aromatic heterocycles. The van der Waals surface area contributed by atoms with Crippen LogP contribution in [0.4, 0.5) is 0 Å². The number of nitrogens with one attached hydrogen (secondary N) is 1. The first-order chi connectivity index (χ1) is 9.72. The zero-order valence-electron chi connectivity index (χ0n) is 11.8. The maximum atomic E-state index is 12.2. The summed E-state index contributed by atoms with van der Waals surface area (Å²) in [4.78, 5) is 12.2. The molecule has 106 valence electrons. The van der Waals surface area contributed by atoms with Crippen LogP contribution < -0.4 is 5.32 Å². The molecule has 1 N–H and O–H groups in total. The van der Waals surface area contributed by atoms with Crippen molar-refractivity contribution in [1.82, 2.24) is 15.1 Å². The summed E-state index contributed by atoms with van der Waals surface area (Å²) in [6.45, 7) is 3.10. The van der Waals surface area contributed by atoms with E-state index >= 15 is 0 Å². The number of aromatic nitrogens is 2. The Morgan fingerprint density at radius 3 is 2.80 bits per heavy atom. The third kappa shape index (κ3) is 3.45. The van der Waals surface area contributed by atoms with Gasteiger partial charge in [-0.1, -0.05) is 18.2 Å². The minimum atomic E-state index is -0.120. The molecule has 5 nitrogen and oxygen atoms in total. The molecule has 0 unspecified atom stereocenters. The summed E-state index contributed by atoms with van der Waals surface area (Å²) in [5.74, 6) is -0.120. The molecule has 0 radical (unpaired) electrons. The smallest absolute Gasteiger partial charge is 0.270 e. The molecule has 0 bridgehead atoms. The van der Waals surface area contributed by atoms with Gasteiger partial charge < -0.3 is 10.1 Å². The molecule has 0 atom stereocenters. The van der Waals surface area contributed by atoms with E-state index in [0.29, 0.717) is 18.8 Å². The lowest BCUT2D eigenvalue weighted by Crippen LogP contribution is -2.27. The molecule has 20 heavy (non-hydrogen) atoms. The summed E-state index contributed by atoms with van der Waals surface area (Å²) in [5, 5.41) is 7.25. The van der Waals surface area contributed by atoms with E-state index in [9.17, 15) is 4.79 Å². The number of methoxy groups -OCH3 is 1. The van der Waals surface area contributed by atoms with Crippen LogP contribution in [0, 0.1) is 6.92 Å². The monoisotopic (exact) mass is 273 g/mol. The van der Waals surface area contributed by atoms with E-state index < -0.39 is 0 Å². The van der Waals surface area contributed by atoms with Gasteiger partial charge in [-0.15, -0.1) is 0 Å². The Hall–Kier alpha value is -2.14. The Kier molecular flexibility index (Phi) is 4.90. The summed E-state index contributed by atoms with van der Waals surface area (Å²) in [6.07, 6.45) is 0.792. The lowest BCUT2D eigenvalue weighted by atomic mass is 10.3. The third-order valence-corrected chi connectivity index (χ3v) is 2.88. The third-order valence-electron chi connectivity index (χ3n) is 2.88. The number of ether oxygens (including phenoxy) is 1. The van der Waals surface area contributed by atoms with E-state index in [1.807, 2.05) is 37.3 Å². The van der Waals surface area contributed by atoms with Gasteiger partial charge in [0.05, 0.1) is 11.4 Å². The van der Waals surface area contributed by atoms with Crippen LogP contribution in [0.3, 0.4) is 0 Å². The van der Waals surface area contributed by atoms with Crippen molar-refractivity contribution >= 4 is 5.91 Å². The molecule has 0 saturated carbocycles. The summed E-state index contributed by atoms with van der Waals surface area (Å²) in [5.41, 5.74) is 2.24. The van der Waals surface area contributed by atoms with Crippen LogP contribution in [-0.2, 0) is 4.74 Å². The Morgan fingerprint density at radius 1 is 1.35 bits per heavy atom. The van der Waals surface area contributed by atoms with E-state index in [1.165, 1.54) is 0 Å². The highest BCUT2D eigenvalue weighted by atomic mass is 16.5. The Morgan fingerprint density at radius 2 is 2.10 bits per heavy atom. The van der Waals surface area contributed by atoms with Crippen LogP contribution in [0.1, 0.15) is 22.6 Å². The van der Waals surface area contributed by atoms with Crippen molar-refractivity contribution in [3.05, 3.63) is 47.8 Å². The van der Waals surface area contributed by atoms with Crippen LogP contribution in [0.15, 0.2) is 36.4 Å². The van der Waals surface area contributed by atoms with Crippen LogP contribution in [0.25, 0.3) is 5.69 Å². The highest BCUT2D eigenvalue weighted by Gasteiger charge is 2.14. The van der Waals surface area contributed by atoms with Gasteiger partial charge >= 0.3 is 0 Å². The second-order valence-corrected chi connectivity index (χ2v) is 4.52. The molecule has 5 heteroatoms. The Bertz CT molecular complexity index is 564. The minimum Gasteiger partial charge on any atom is -0.385 e. The van der Waals surface area contributed by atoms with Gasteiger partial charge in [-0.3, -0.25) is 4.79 Å². The fourth-order valence-electron chi connectivity index (χ4n) is 1.94. The van der Waals surface area contributed by atoms with Crippen molar-refractivity contribution in [1.29, 1.82) is 0 Å². The van der Waals surface area contributed by atoms with Crippen LogP contribution in [-0.4, -0.2) is 35.9 Å². The summed E-state index contributed by atoms with van der Waals surface area (Å²) >= 11 is 0. The highest BCUT2D eigenvalue weighted by Crippen LogP contribution is 2.12. The fraction of sp³-hybridized carbons (Fsp3) is 0.333. The number of benzene rings is 1. The van der Waals surface area contributed by atoms with Gasteiger partial charge in [0.25, 0.3) is 5.91 Å². The van der Waals surface area contributed by atoms with Crippen LogP contribution >= 0.6 is 0 Å². The van der Waals surface area contributed by atoms with Gasteiger partial charge in [-0.05, 0) is 31.5 Å². The number of aryl methyl sites for hydroxylation is 1. The van der Waals surface area contributed by atoms with Crippen molar-refractivity contribution in [2.45, 2.75) is 13.3 Å². The maximum absolute atomic E-state index is 12.2. The summed E-state index contributed by atoms with van der Waals surface area (Å²) < 4.78 is 6.63. The van der Waals surface area contributed by atoms with E-state index in [2.05, 4.69) is 10.4 Å². The predicted molar refractivity (Wildman–Crippen MR) is 77.1 cm³/mol. The number of para-hydroxylation sites is 1. The highest BCUT2D eigenvalue weighted by molar-refractivity contribution is 5.93. The SMILES string of the molecule is COCCCNC(=O)c1cc(C)nn1-c1ccccc1. The van der Waals surface area contributed by atoms with E-state index in [1.54, 1.807) is 17.9 Å². The molecule has 0 aliphatic carbocycles. The first-order valence-electron chi connectivity index (χ1n) is 6.61. The van der Waals surface area contributed by atoms with Crippen molar-refractivity contribution in [3.8, 4) is 5.69 Å². The molecule has 2 aromatic rings. The molecular formula is C15H19N3O2. The molecule has 1 amide bonds. The van der Waals surface area contributed by atoms with E-state index in [0.717, 1.165) is 17.8 Å². The number of nitrogens with zero attached hydrogens (tertiary/aromatic N) is 2. The lowest BCUT2D eigenvalue weighted by molar-refractivity contribution is 0.0941. The molecule has 0 saturated heterocycles. The average molecular weight is 273 g/mol. The molecule has 1 aromatic carbocycles. The largest absolute Gasteiger partial charge is 0.385 e. The molecule has 1 heterocycles. The first kappa shape index (κ1) is 14.3. The first-order valence-corrected chi connectivity index (χ1v) is 6.61. The molecule has 2 rings (SSSR count). The van der Waals surface area contributed by atoms with Crippen molar-refractivity contribution in [2.75, 3.05) is 20.3 Å². The predicted octanol–water partition coefficient (Wildman–Crippen LogP) is 1.95. The molecule has 0 fully saturated rings. The average Bonchev–Trinajstić information content (AvgIpc) is 2.86. The normalized spacial score (nSPS) is 10.5. The second-order valence-electron chi connectivity index (χ2n) is 4.52. The zero-order valence-corrected chi connectivity index (χ0v) is 11.8. The number of hydrogen-bond acceptors (Lipinski definition) is 3. The van der Waals surface area contributed by atoms with Crippen molar-refractivity contribution in [2.24, 2.45) is 0 Å². The molecular weight excluding hydrogens is 254 g/mol. The second kappa shape index (κ2) is 6.86. The number of carbonyl (C=O) groups excluding carboxylic acids is 1. The number of hydrogen-bond donors (Lipinski definition) is 1. The van der Waals surface area contributed by atoms with E-state index in [-0.39, 0.29) is 5.91 Å². The number of carbonyl (C=O) groups is 1. The van der Waals surface area contributed by atoms with Gasteiger partial charge in [-0.2, -0.15) is 5.10 Å². The van der Waals surface area contributed by atoms with Gasteiger partial charge in [-0.25, -0.2) is 4.68 Å². The Labute approximate surface area is 118 Å². The number of rotatable bonds is 6. The van der Waals surface area contributed by atoms with Crippen LogP contribution in [0.2, 0.25) is 0 Å². The Balaban J connectivity index is 2.14. The number of amides is 1. The van der Waals surface area contributed by atoms with Gasteiger partial charge in [0.2, 0.25) is 0 Å². The molecule has 0 spiro atoms. The lowest BCUT2D eigenvalue weighted by Gasteiger charge is -2.08. The molecule has 0 aliphatic heterocycles. The van der Waals surface area contributed by atoms with E-state index in [4.69, 9.17) is 4.74 Å². The quantitative estimate of drug-likeness (QED) is 0.818. The standard InChI is InChI=1S/C15H19N3O2/c1-12-11-14(15(19)16-9-6-10-20-2)18(17-12)13-7-4-3-5-8-13/h3-5,7-8,11H,6,9-10H2,1-2H3,(H,16,19). The minimum absolute atomic E-state index is 0.120. The van der Waals surface area contributed by atoms with Crippen LogP contribution in [0.5, 0.6) is 0 Å². The van der Waals surface area contributed by atoms with Crippen molar-refractivity contribution < 1.29 is 9.53 Å². The van der Waals surface area contributed by atoms with Gasteiger partial charge in [0, 0.05) is 20.3 Å². The fourth-order valence-corrected chi connectivity index (χ4v) is 1.94. The molecule has 0 aliphatic rings. The summed E-state index contributed by atoms with van der Waals surface area (Å²) in [6, 6.07) is 11.4. The van der Waals surface area contributed by atoms with Crippen molar-refractivity contribution in [3.63, 3.8) is 0 Å². The van der Waals surface area contributed by atoms with Gasteiger partial charge in [0.1, 0.15) is 5.69 Å². The van der Waals surface area contributed by atoms with Gasteiger partial charge in [0.15, 0.2) is 0 Å². The summed E-state index contributed by atoms with van der Waals surface area (Å²) in [7, 11) is 1.65. The topological polar surface area (TPSA) is 56.1 Å². The maximum Gasteiger partial charge on any atom is 0.270 e. The zero-order chi connectivity index (χ0) is 14.4.